The summed E-state index contributed by atoms with van der Waals surface area (Å²) in [5, 5.41) is 0.711. The van der Waals surface area contributed by atoms with Gasteiger partial charge in [0.1, 0.15) is 0 Å². The van der Waals surface area contributed by atoms with E-state index in [1.54, 1.807) is 0 Å². The number of carbonyl (C=O) groups is 1. The molecule has 1 aromatic heterocycles. The van der Waals surface area contributed by atoms with Gasteiger partial charge < -0.3 is 0 Å². The molecule has 4 nitrogen and oxygen atoms in total. The van der Waals surface area contributed by atoms with Gasteiger partial charge in [0.15, 0.2) is 0 Å². The van der Waals surface area contributed by atoms with Crippen molar-refractivity contribution in [2.24, 2.45) is 0 Å². The average molecular weight is 537 g/mol. The van der Waals surface area contributed by atoms with Crippen molar-refractivity contribution in [3.05, 3.63) is 126 Å². The van der Waals surface area contributed by atoms with Crippen LogP contribution in [-0.2, 0) is 5.32 Å². The van der Waals surface area contributed by atoms with Gasteiger partial charge >= 0.3 is 216 Å². The second-order valence-corrected chi connectivity index (χ2v) is 10.5. The van der Waals surface area contributed by atoms with Crippen LogP contribution in [0.25, 0.3) is 22.5 Å². The van der Waals surface area contributed by atoms with Crippen LogP contribution in [0.4, 0.5) is 0 Å². The molecule has 0 saturated heterocycles. The molecular formula is C31H22O4Se. The molecule has 36 heavy (non-hydrogen) atoms. The summed E-state index contributed by atoms with van der Waals surface area (Å²) in [7, 11) is 0. The first-order valence-electron chi connectivity index (χ1n) is 11.7. The molecule has 0 saturated carbocycles. The number of rotatable bonds is 7. The summed E-state index contributed by atoms with van der Waals surface area (Å²) < 4.78 is 19.1. The molecule has 0 atom stereocenters. The van der Waals surface area contributed by atoms with E-state index in [4.69, 9.17) is 13.9 Å². The molecule has 0 N–H and O–H groups in total. The van der Waals surface area contributed by atoms with Crippen LogP contribution in [0.5, 0.6) is 11.5 Å². The number of benzene rings is 4. The molecule has 0 aliphatic carbocycles. The Morgan fingerprint density at radius 2 is 1.39 bits per heavy atom. The van der Waals surface area contributed by atoms with Gasteiger partial charge in [-0.15, -0.1) is 0 Å². The number of furan rings is 1. The molecule has 0 bridgehead atoms. The molecule has 5 heteroatoms. The standard InChI is InChI=1S/C31H22O4Se/c32-30(21-10-4-1-5-11-21)29-28(23-16-17-25-26(18-23)34-20-33-25)27(19-36-24-14-8-3-9-15-24)35-31(29)22-12-6-2-7-13-22/h1-18H,19-20H2. The molecular weight excluding hydrogens is 515 g/mol. The summed E-state index contributed by atoms with van der Waals surface area (Å²) in [6.07, 6.45) is 0. The van der Waals surface area contributed by atoms with Crippen molar-refractivity contribution >= 4 is 25.2 Å². The predicted octanol–water partition coefficient (Wildman–Crippen LogP) is 6.10. The zero-order valence-electron chi connectivity index (χ0n) is 19.3. The van der Waals surface area contributed by atoms with Gasteiger partial charge in [0, 0.05) is 0 Å². The van der Waals surface area contributed by atoms with E-state index in [1.165, 1.54) is 4.46 Å². The van der Waals surface area contributed by atoms with Gasteiger partial charge in [-0.1, -0.05) is 0 Å². The molecule has 1 aliphatic heterocycles. The van der Waals surface area contributed by atoms with E-state index in [0.717, 1.165) is 22.5 Å². The summed E-state index contributed by atoms with van der Waals surface area (Å²) in [5.41, 5.74) is 3.77. The molecule has 0 radical (unpaired) electrons. The second kappa shape index (κ2) is 9.90. The Morgan fingerprint density at radius 3 is 2.14 bits per heavy atom. The fraction of sp³-hybridized carbons (Fsp3) is 0.0645. The van der Waals surface area contributed by atoms with Gasteiger partial charge in [-0.3, -0.25) is 0 Å². The minimum atomic E-state index is -0.0654. The van der Waals surface area contributed by atoms with Crippen molar-refractivity contribution in [1.29, 1.82) is 0 Å². The fourth-order valence-electron chi connectivity index (χ4n) is 4.35. The van der Waals surface area contributed by atoms with Crippen LogP contribution < -0.4 is 13.9 Å². The van der Waals surface area contributed by atoms with Crippen LogP contribution >= 0.6 is 0 Å². The second-order valence-electron chi connectivity index (χ2n) is 8.34. The monoisotopic (exact) mass is 538 g/mol. The number of ketones is 1. The van der Waals surface area contributed by atoms with Crippen molar-refractivity contribution in [3.8, 4) is 33.9 Å². The van der Waals surface area contributed by atoms with Crippen LogP contribution in [0, 0.1) is 0 Å². The normalized spacial score (nSPS) is 12.0. The van der Waals surface area contributed by atoms with E-state index < -0.39 is 0 Å². The molecule has 1 aliphatic rings. The molecule has 6 rings (SSSR count). The molecule has 0 unspecified atom stereocenters. The summed E-state index contributed by atoms with van der Waals surface area (Å²) in [6, 6.07) is 35.5. The van der Waals surface area contributed by atoms with E-state index in [0.29, 0.717) is 33.7 Å². The Balaban J connectivity index is 1.56. The Bertz CT molecular complexity index is 1510. The maximum atomic E-state index is 14.0. The van der Waals surface area contributed by atoms with E-state index in [2.05, 4.69) is 24.3 Å². The number of ether oxygens (including phenoxy) is 2. The van der Waals surface area contributed by atoms with Crippen molar-refractivity contribution in [1.82, 2.24) is 0 Å². The third kappa shape index (κ3) is 4.35. The van der Waals surface area contributed by atoms with Crippen LogP contribution in [0.2, 0.25) is 0 Å². The number of hydrogen-bond acceptors (Lipinski definition) is 4. The Morgan fingerprint density at radius 1 is 0.722 bits per heavy atom. The Labute approximate surface area is 215 Å². The zero-order chi connectivity index (χ0) is 24.3. The van der Waals surface area contributed by atoms with Crippen molar-refractivity contribution < 1.29 is 18.7 Å². The van der Waals surface area contributed by atoms with Crippen LogP contribution in [-0.4, -0.2) is 27.5 Å². The average Bonchev–Trinajstić information content (AvgIpc) is 3.57. The zero-order valence-corrected chi connectivity index (χ0v) is 21.1. The summed E-state index contributed by atoms with van der Waals surface area (Å²) in [4.78, 5) is 14.0. The fourth-order valence-corrected chi connectivity index (χ4v) is 6.13. The molecule has 0 amide bonds. The van der Waals surface area contributed by atoms with Crippen molar-refractivity contribution in [2.75, 3.05) is 6.79 Å². The van der Waals surface area contributed by atoms with Gasteiger partial charge in [-0.2, -0.15) is 0 Å². The van der Waals surface area contributed by atoms with Gasteiger partial charge in [0.25, 0.3) is 0 Å². The quantitative estimate of drug-likeness (QED) is 0.186. The first kappa shape index (κ1) is 22.4. The number of hydrogen-bond donors (Lipinski definition) is 0. The van der Waals surface area contributed by atoms with Crippen LogP contribution in [0.3, 0.4) is 0 Å². The first-order valence-corrected chi connectivity index (χ1v) is 13.7. The molecule has 4 aromatic carbocycles. The number of fused-ring (bicyclic) bond motifs is 1. The molecule has 2 heterocycles. The molecule has 0 fully saturated rings. The van der Waals surface area contributed by atoms with E-state index >= 15 is 0 Å². The SMILES string of the molecule is O=C(c1ccccc1)c1c(-c2ccccc2)oc(C[Se]c2ccccc2)c1-c1ccc2c(c1)OCO2. The first-order chi connectivity index (χ1) is 17.8. The van der Waals surface area contributed by atoms with Crippen LogP contribution in [0.15, 0.2) is 114 Å². The van der Waals surface area contributed by atoms with Gasteiger partial charge in [-0.25, -0.2) is 0 Å². The number of carbonyl (C=O) groups excluding carboxylic acids is 1. The van der Waals surface area contributed by atoms with Gasteiger partial charge in [0.05, 0.1) is 0 Å². The van der Waals surface area contributed by atoms with E-state index in [-0.39, 0.29) is 27.5 Å². The maximum absolute atomic E-state index is 14.0. The predicted molar refractivity (Wildman–Crippen MR) is 141 cm³/mol. The van der Waals surface area contributed by atoms with Gasteiger partial charge in [0.2, 0.25) is 0 Å². The van der Waals surface area contributed by atoms with Gasteiger partial charge in [-0.05, 0) is 0 Å². The molecule has 5 aromatic rings. The van der Waals surface area contributed by atoms with Crippen LogP contribution in [0.1, 0.15) is 21.7 Å². The Kier molecular flexibility index (Phi) is 6.17. The van der Waals surface area contributed by atoms with Crippen molar-refractivity contribution in [3.63, 3.8) is 0 Å². The van der Waals surface area contributed by atoms with E-state index in [9.17, 15) is 4.79 Å². The summed E-state index contributed by atoms with van der Waals surface area (Å²) in [5.74, 6) is 2.71. The summed E-state index contributed by atoms with van der Waals surface area (Å²) >= 11 is 0.130. The third-order valence-corrected chi connectivity index (χ3v) is 8.18. The molecule has 176 valence electrons. The third-order valence-electron chi connectivity index (χ3n) is 6.05. The minimum absolute atomic E-state index is 0.0654. The van der Waals surface area contributed by atoms with Crippen molar-refractivity contribution in [2.45, 2.75) is 5.32 Å². The summed E-state index contributed by atoms with van der Waals surface area (Å²) in [6.45, 7) is 0.194. The topological polar surface area (TPSA) is 48.7 Å². The Hall–Kier alpha value is -4.05. The van der Waals surface area contributed by atoms with E-state index in [1.807, 2.05) is 84.9 Å². The molecule has 0 spiro atoms.